The van der Waals surface area contributed by atoms with Crippen molar-refractivity contribution in [2.75, 3.05) is 26.2 Å². The summed E-state index contributed by atoms with van der Waals surface area (Å²) < 4.78 is 5.18. The number of halogens is 1. The van der Waals surface area contributed by atoms with Gasteiger partial charge in [0.25, 0.3) is 0 Å². The number of nitrogens with zero attached hydrogens (tertiary/aromatic N) is 1. The van der Waals surface area contributed by atoms with Crippen LogP contribution < -0.4 is 21.3 Å². The van der Waals surface area contributed by atoms with E-state index in [0.717, 1.165) is 12.1 Å². The van der Waals surface area contributed by atoms with E-state index in [1.54, 1.807) is 0 Å². The Morgan fingerprint density at radius 2 is 1.70 bits per heavy atom. The molecule has 0 aliphatic heterocycles. The van der Waals surface area contributed by atoms with Crippen LogP contribution in [0.1, 0.15) is 46.1 Å². The first-order valence-electron chi connectivity index (χ1n) is 10.1. The van der Waals surface area contributed by atoms with Gasteiger partial charge in [-0.2, -0.15) is 0 Å². The first-order chi connectivity index (χ1) is 13.8. The minimum absolute atomic E-state index is 0. The standard InChI is InChI=1S/C21H35N5O3.HI/c1-5-22-19(23-13-9-14-25-20(28)29-21(2,3)4)24-15-12-18(27)26-16-17-10-7-6-8-11-17;/h6-8,10-11H,5,9,12-16H2,1-4H3,(H,25,28)(H,26,27)(H2,22,23,24);1H. The highest BCUT2D eigenvalue weighted by Gasteiger charge is 2.15. The van der Waals surface area contributed by atoms with E-state index in [1.807, 2.05) is 58.0 Å². The Morgan fingerprint density at radius 3 is 2.33 bits per heavy atom. The third kappa shape index (κ3) is 14.9. The lowest BCUT2D eigenvalue weighted by atomic mass is 10.2. The maximum atomic E-state index is 12.0. The monoisotopic (exact) mass is 533 g/mol. The average molecular weight is 533 g/mol. The van der Waals surface area contributed by atoms with Gasteiger partial charge in [0.1, 0.15) is 5.60 Å². The average Bonchev–Trinajstić information content (AvgIpc) is 2.65. The second kappa shape index (κ2) is 15.8. The molecule has 0 saturated heterocycles. The minimum Gasteiger partial charge on any atom is -0.444 e. The molecule has 9 heteroatoms. The first-order valence-corrected chi connectivity index (χ1v) is 10.1. The Bertz CT molecular complexity index is 648. The van der Waals surface area contributed by atoms with Gasteiger partial charge in [-0.1, -0.05) is 30.3 Å². The van der Waals surface area contributed by atoms with E-state index in [0.29, 0.717) is 45.0 Å². The molecule has 0 aliphatic rings. The van der Waals surface area contributed by atoms with E-state index in [-0.39, 0.29) is 29.9 Å². The predicted octanol–water partition coefficient (Wildman–Crippen LogP) is 2.78. The van der Waals surface area contributed by atoms with Crippen LogP contribution in [0, 0.1) is 0 Å². The van der Waals surface area contributed by atoms with Gasteiger partial charge in [-0.3, -0.25) is 9.79 Å². The normalized spacial score (nSPS) is 11.1. The fourth-order valence-corrected chi connectivity index (χ4v) is 2.30. The third-order valence-electron chi connectivity index (χ3n) is 3.59. The smallest absolute Gasteiger partial charge is 0.407 e. The van der Waals surface area contributed by atoms with Crippen molar-refractivity contribution in [3.63, 3.8) is 0 Å². The number of guanidine groups is 1. The fourth-order valence-electron chi connectivity index (χ4n) is 2.30. The van der Waals surface area contributed by atoms with Crippen molar-refractivity contribution in [2.45, 2.75) is 52.7 Å². The van der Waals surface area contributed by atoms with E-state index in [9.17, 15) is 9.59 Å². The molecule has 1 aromatic carbocycles. The molecule has 0 spiro atoms. The van der Waals surface area contributed by atoms with E-state index >= 15 is 0 Å². The number of hydrogen-bond donors (Lipinski definition) is 4. The van der Waals surface area contributed by atoms with Gasteiger partial charge < -0.3 is 26.0 Å². The fraction of sp³-hybridized carbons (Fsp3) is 0.571. The Balaban J connectivity index is 0.00000841. The highest BCUT2D eigenvalue weighted by molar-refractivity contribution is 14.0. The highest BCUT2D eigenvalue weighted by atomic mass is 127. The largest absolute Gasteiger partial charge is 0.444 e. The summed E-state index contributed by atoms with van der Waals surface area (Å²) in [5.74, 6) is 0.638. The second-order valence-electron chi connectivity index (χ2n) is 7.48. The summed E-state index contributed by atoms with van der Waals surface area (Å²) in [6, 6.07) is 9.80. The summed E-state index contributed by atoms with van der Waals surface area (Å²) in [6.07, 6.45) is 0.623. The number of carbonyl (C=O) groups is 2. The lowest BCUT2D eigenvalue weighted by molar-refractivity contribution is -0.121. The van der Waals surface area contributed by atoms with Crippen LogP contribution in [0.25, 0.3) is 0 Å². The molecule has 30 heavy (non-hydrogen) atoms. The number of ether oxygens (including phenoxy) is 1. The molecule has 0 aromatic heterocycles. The SMILES string of the molecule is CCNC(=NCCCNC(=O)OC(C)(C)C)NCCC(=O)NCc1ccccc1.I. The summed E-state index contributed by atoms with van der Waals surface area (Å²) in [5.41, 5.74) is 0.571. The van der Waals surface area contributed by atoms with Crippen LogP contribution in [0.4, 0.5) is 4.79 Å². The van der Waals surface area contributed by atoms with Gasteiger partial charge in [-0.15, -0.1) is 24.0 Å². The minimum atomic E-state index is -0.502. The van der Waals surface area contributed by atoms with Crippen molar-refractivity contribution in [1.29, 1.82) is 0 Å². The van der Waals surface area contributed by atoms with Crippen molar-refractivity contribution >= 4 is 41.9 Å². The molecule has 1 aromatic rings. The molecule has 2 amide bonds. The topological polar surface area (TPSA) is 104 Å². The molecule has 8 nitrogen and oxygen atoms in total. The number of hydrogen-bond acceptors (Lipinski definition) is 4. The van der Waals surface area contributed by atoms with Gasteiger partial charge in [0, 0.05) is 39.1 Å². The highest BCUT2D eigenvalue weighted by Crippen LogP contribution is 2.06. The van der Waals surface area contributed by atoms with E-state index < -0.39 is 11.7 Å². The summed E-state index contributed by atoms with van der Waals surface area (Å²) in [4.78, 5) is 28.0. The predicted molar refractivity (Wildman–Crippen MR) is 131 cm³/mol. The molecule has 0 fully saturated rings. The number of amides is 2. The molecular weight excluding hydrogens is 497 g/mol. The van der Waals surface area contributed by atoms with Crippen LogP contribution in [0.15, 0.2) is 35.3 Å². The van der Waals surface area contributed by atoms with Crippen LogP contribution in [-0.4, -0.2) is 49.7 Å². The van der Waals surface area contributed by atoms with Gasteiger partial charge in [0.05, 0.1) is 0 Å². The van der Waals surface area contributed by atoms with Gasteiger partial charge in [-0.25, -0.2) is 4.79 Å². The second-order valence-corrected chi connectivity index (χ2v) is 7.48. The van der Waals surface area contributed by atoms with Gasteiger partial charge in [-0.05, 0) is 39.7 Å². The molecular formula is C21H36IN5O3. The molecule has 0 radical (unpaired) electrons. The van der Waals surface area contributed by atoms with Crippen LogP contribution >= 0.6 is 24.0 Å². The summed E-state index contributed by atoms with van der Waals surface area (Å²) in [5, 5.41) is 11.9. The zero-order valence-electron chi connectivity index (χ0n) is 18.4. The van der Waals surface area contributed by atoms with Gasteiger partial charge >= 0.3 is 6.09 Å². The third-order valence-corrected chi connectivity index (χ3v) is 3.59. The summed E-state index contributed by atoms with van der Waals surface area (Å²) >= 11 is 0. The number of alkyl carbamates (subject to hydrolysis) is 1. The van der Waals surface area contributed by atoms with Crippen molar-refractivity contribution in [3.05, 3.63) is 35.9 Å². The molecule has 1 rings (SSSR count). The van der Waals surface area contributed by atoms with Crippen molar-refractivity contribution in [2.24, 2.45) is 4.99 Å². The van der Waals surface area contributed by atoms with Crippen molar-refractivity contribution < 1.29 is 14.3 Å². The maximum Gasteiger partial charge on any atom is 0.407 e. The molecule has 0 heterocycles. The maximum absolute atomic E-state index is 12.0. The quantitative estimate of drug-likeness (QED) is 0.160. The molecule has 0 saturated carbocycles. The molecule has 0 atom stereocenters. The Morgan fingerprint density at radius 1 is 1.00 bits per heavy atom. The molecule has 170 valence electrons. The lowest BCUT2D eigenvalue weighted by Gasteiger charge is -2.19. The summed E-state index contributed by atoms with van der Waals surface area (Å²) in [7, 11) is 0. The van der Waals surface area contributed by atoms with Crippen LogP contribution in [0.3, 0.4) is 0 Å². The Hall–Kier alpha value is -2.04. The molecule has 0 bridgehead atoms. The van der Waals surface area contributed by atoms with Crippen LogP contribution in [-0.2, 0) is 16.1 Å². The lowest BCUT2D eigenvalue weighted by Crippen LogP contribution is -2.39. The zero-order chi connectivity index (χ0) is 21.5. The number of benzene rings is 1. The number of carbonyl (C=O) groups excluding carboxylic acids is 2. The van der Waals surface area contributed by atoms with Crippen molar-refractivity contribution in [1.82, 2.24) is 21.3 Å². The van der Waals surface area contributed by atoms with E-state index in [1.165, 1.54) is 0 Å². The zero-order valence-corrected chi connectivity index (χ0v) is 20.7. The van der Waals surface area contributed by atoms with Crippen LogP contribution in [0.5, 0.6) is 0 Å². The number of aliphatic imine (C=N–C) groups is 1. The Labute approximate surface area is 197 Å². The van der Waals surface area contributed by atoms with E-state index in [2.05, 4.69) is 26.3 Å². The molecule has 4 N–H and O–H groups in total. The Kier molecular flexibility index (Phi) is 14.7. The molecule has 0 unspecified atom stereocenters. The van der Waals surface area contributed by atoms with Gasteiger partial charge in [0.2, 0.25) is 5.91 Å². The number of rotatable bonds is 10. The van der Waals surface area contributed by atoms with Gasteiger partial charge in [0.15, 0.2) is 5.96 Å². The summed E-state index contributed by atoms with van der Waals surface area (Å²) in [6.45, 7) is 10.2. The van der Waals surface area contributed by atoms with Crippen molar-refractivity contribution in [3.8, 4) is 0 Å². The van der Waals surface area contributed by atoms with E-state index in [4.69, 9.17) is 4.74 Å². The molecule has 0 aliphatic carbocycles. The first kappa shape index (κ1) is 28.0. The van der Waals surface area contributed by atoms with Crippen LogP contribution in [0.2, 0.25) is 0 Å². The number of nitrogens with one attached hydrogen (secondary N) is 4.